The Morgan fingerprint density at radius 3 is 2.33 bits per heavy atom. The molecule has 6 nitrogen and oxygen atoms in total. The van der Waals surface area contributed by atoms with Crippen LogP contribution in [0, 0.1) is 0 Å². The van der Waals surface area contributed by atoms with E-state index in [1.54, 1.807) is 11.9 Å². The Balaban J connectivity index is 2.37. The third-order valence-corrected chi connectivity index (χ3v) is 4.19. The van der Waals surface area contributed by atoms with Crippen LogP contribution >= 0.6 is 0 Å². The summed E-state index contributed by atoms with van der Waals surface area (Å²) in [6, 6.07) is 9.03. The zero-order chi connectivity index (χ0) is 17.9. The van der Waals surface area contributed by atoms with Gasteiger partial charge < -0.3 is 4.74 Å². The number of benzene rings is 1. The molecule has 0 unspecified atom stereocenters. The van der Waals surface area contributed by atoms with Gasteiger partial charge >= 0.3 is 5.97 Å². The highest BCUT2D eigenvalue weighted by Gasteiger charge is 2.46. The molecule has 1 amide bonds. The van der Waals surface area contributed by atoms with Gasteiger partial charge in [-0.15, -0.1) is 0 Å². The lowest BCUT2D eigenvalue weighted by Gasteiger charge is -2.36. The highest BCUT2D eigenvalue weighted by Crippen LogP contribution is 2.33. The fourth-order valence-corrected chi connectivity index (χ4v) is 3.18. The minimum absolute atomic E-state index is 0.00322. The van der Waals surface area contributed by atoms with Crippen LogP contribution in [0.3, 0.4) is 0 Å². The number of anilines is 1. The van der Waals surface area contributed by atoms with Crippen molar-refractivity contribution in [2.45, 2.75) is 58.7 Å². The van der Waals surface area contributed by atoms with Crippen LogP contribution in [0.25, 0.3) is 0 Å². The van der Waals surface area contributed by atoms with E-state index in [1.165, 1.54) is 13.8 Å². The first kappa shape index (κ1) is 18.0. The average Bonchev–Trinajstić information content (AvgIpc) is 2.90. The van der Waals surface area contributed by atoms with E-state index in [-0.39, 0.29) is 24.2 Å². The molecule has 0 bridgehead atoms. The maximum absolute atomic E-state index is 12.3. The van der Waals surface area contributed by atoms with Crippen molar-refractivity contribution in [2.75, 3.05) is 5.01 Å². The maximum Gasteiger partial charge on any atom is 0.306 e. The van der Waals surface area contributed by atoms with Gasteiger partial charge in [0.15, 0.2) is 11.9 Å². The highest BCUT2D eigenvalue weighted by atomic mass is 16.5. The Morgan fingerprint density at radius 2 is 1.83 bits per heavy atom. The fraction of sp³-hybridized carbons (Fsp3) is 0.500. The first-order valence-electron chi connectivity index (χ1n) is 8.20. The second-order valence-corrected chi connectivity index (χ2v) is 6.07. The SMILES string of the molecule is CCC(=O)O[C@H](C(C)=O)[C@@H]1C[C@H](C)N(c2ccccc2)N1C(C)=O. The predicted molar refractivity (Wildman–Crippen MR) is 90.2 cm³/mol. The van der Waals surface area contributed by atoms with Crippen molar-refractivity contribution in [3.05, 3.63) is 30.3 Å². The van der Waals surface area contributed by atoms with E-state index in [0.717, 1.165) is 5.69 Å². The third kappa shape index (κ3) is 3.58. The number of hydrogen-bond acceptors (Lipinski definition) is 5. The molecule has 0 N–H and O–H groups in total. The molecule has 1 heterocycles. The Bertz CT molecular complexity index is 617. The number of carbonyl (C=O) groups excluding carboxylic acids is 3. The number of Topliss-reactive ketones (excluding diaryl/α,β-unsaturated/α-hetero) is 1. The normalized spacial score (nSPS) is 21.5. The van der Waals surface area contributed by atoms with Gasteiger partial charge in [0.2, 0.25) is 5.91 Å². The van der Waals surface area contributed by atoms with Crippen molar-refractivity contribution in [3.8, 4) is 0 Å². The van der Waals surface area contributed by atoms with Crippen molar-refractivity contribution in [1.82, 2.24) is 5.01 Å². The molecule has 24 heavy (non-hydrogen) atoms. The molecule has 0 spiro atoms. The molecule has 2 rings (SSSR count). The molecule has 0 aromatic heterocycles. The summed E-state index contributed by atoms with van der Waals surface area (Å²) in [7, 11) is 0. The van der Waals surface area contributed by atoms with Gasteiger partial charge in [-0.3, -0.25) is 19.4 Å². The lowest BCUT2D eigenvalue weighted by molar-refractivity contribution is -0.159. The number of carbonyl (C=O) groups is 3. The maximum atomic E-state index is 12.3. The first-order chi connectivity index (χ1) is 11.4. The summed E-state index contributed by atoms with van der Waals surface area (Å²) in [5, 5.41) is 3.43. The lowest BCUT2D eigenvalue weighted by atomic mass is 10.0. The second kappa shape index (κ2) is 7.47. The van der Waals surface area contributed by atoms with Crippen molar-refractivity contribution in [1.29, 1.82) is 0 Å². The van der Waals surface area contributed by atoms with Gasteiger partial charge in [-0.25, -0.2) is 5.01 Å². The van der Waals surface area contributed by atoms with Crippen LogP contribution in [0.1, 0.15) is 40.5 Å². The van der Waals surface area contributed by atoms with Gasteiger partial charge in [0.1, 0.15) is 0 Å². The molecule has 1 saturated heterocycles. The first-order valence-corrected chi connectivity index (χ1v) is 8.20. The van der Waals surface area contributed by atoms with Gasteiger partial charge in [0, 0.05) is 13.3 Å². The standard InChI is InChI=1S/C18H24N2O4/c1-5-17(23)24-18(13(3)21)16-11-12(2)19(20(16)14(4)22)15-9-7-6-8-10-15/h6-10,12,16,18H,5,11H2,1-4H3/t12-,16-,18+/m0/s1. The Kier molecular flexibility index (Phi) is 5.59. The van der Waals surface area contributed by atoms with Crippen molar-refractivity contribution in [2.24, 2.45) is 0 Å². The van der Waals surface area contributed by atoms with Gasteiger partial charge in [0.05, 0.1) is 17.8 Å². The monoisotopic (exact) mass is 332 g/mol. The fourth-order valence-electron chi connectivity index (χ4n) is 3.18. The number of ether oxygens (including phenoxy) is 1. The van der Waals surface area contributed by atoms with E-state index in [4.69, 9.17) is 4.74 Å². The van der Waals surface area contributed by atoms with Gasteiger partial charge in [-0.2, -0.15) is 0 Å². The topological polar surface area (TPSA) is 66.9 Å². The predicted octanol–water partition coefficient (Wildman–Crippen LogP) is 2.33. The number of nitrogens with zero attached hydrogens (tertiary/aromatic N) is 2. The molecule has 0 radical (unpaired) electrons. The van der Waals surface area contributed by atoms with Crippen molar-refractivity contribution < 1.29 is 19.1 Å². The summed E-state index contributed by atoms with van der Waals surface area (Å²) in [5.74, 6) is -0.883. The van der Waals surface area contributed by atoms with E-state index in [2.05, 4.69) is 0 Å². The summed E-state index contributed by atoms with van der Waals surface area (Å²) in [6.07, 6.45) is -0.206. The quantitative estimate of drug-likeness (QED) is 0.774. The number of esters is 1. The number of hydrazine groups is 1. The van der Waals surface area contributed by atoms with Crippen molar-refractivity contribution >= 4 is 23.3 Å². The molecular formula is C18H24N2O4. The molecule has 1 aromatic carbocycles. The van der Waals surface area contributed by atoms with Crippen LogP contribution in [-0.4, -0.2) is 40.9 Å². The summed E-state index contributed by atoms with van der Waals surface area (Å²) >= 11 is 0. The summed E-state index contributed by atoms with van der Waals surface area (Å²) < 4.78 is 5.35. The van der Waals surface area contributed by atoms with Gasteiger partial charge in [-0.05, 0) is 32.4 Å². The minimum Gasteiger partial charge on any atom is -0.452 e. The van der Waals surface area contributed by atoms with Crippen LogP contribution in [-0.2, 0) is 19.1 Å². The third-order valence-electron chi connectivity index (χ3n) is 4.19. The molecule has 0 saturated carbocycles. The molecule has 0 aliphatic carbocycles. The summed E-state index contributed by atoms with van der Waals surface area (Å²) in [4.78, 5) is 36.1. The zero-order valence-electron chi connectivity index (χ0n) is 14.6. The number of ketones is 1. The van der Waals surface area contributed by atoms with E-state index in [0.29, 0.717) is 6.42 Å². The van der Waals surface area contributed by atoms with E-state index in [9.17, 15) is 14.4 Å². The van der Waals surface area contributed by atoms with Gasteiger partial charge in [-0.1, -0.05) is 25.1 Å². The minimum atomic E-state index is -0.947. The molecular weight excluding hydrogens is 308 g/mol. The lowest BCUT2D eigenvalue weighted by Crippen LogP contribution is -2.52. The number of para-hydroxylation sites is 1. The smallest absolute Gasteiger partial charge is 0.306 e. The highest BCUT2D eigenvalue weighted by molar-refractivity contribution is 5.86. The molecule has 1 fully saturated rings. The molecule has 6 heteroatoms. The molecule has 130 valence electrons. The van der Waals surface area contributed by atoms with Crippen LogP contribution in [0.5, 0.6) is 0 Å². The molecule has 3 atom stereocenters. The van der Waals surface area contributed by atoms with Gasteiger partial charge in [0.25, 0.3) is 0 Å². The van der Waals surface area contributed by atoms with E-state index in [1.807, 2.05) is 42.3 Å². The molecule has 1 aromatic rings. The summed E-state index contributed by atoms with van der Waals surface area (Å²) in [6.45, 7) is 6.51. The van der Waals surface area contributed by atoms with E-state index >= 15 is 0 Å². The van der Waals surface area contributed by atoms with Crippen LogP contribution in [0.2, 0.25) is 0 Å². The number of amides is 1. The zero-order valence-corrected chi connectivity index (χ0v) is 14.6. The van der Waals surface area contributed by atoms with Crippen LogP contribution < -0.4 is 5.01 Å². The van der Waals surface area contributed by atoms with E-state index < -0.39 is 18.1 Å². The molecule has 1 aliphatic rings. The second-order valence-electron chi connectivity index (χ2n) is 6.07. The Morgan fingerprint density at radius 1 is 1.21 bits per heavy atom. The molecule has 1 aliphatic heterocycles. The number of hydrogen-bond donors (Lipinski definition) is 0. The van der Waals surface area contributed by atoms with Crippen molar-refractivity contribution in [3.63, 3.8) is 0 Å². The summed E-state index contributed by atoms with van der Waals surface area (Å²) in [5.41, 5.74) is 0.867. The average molecular weight is 332 g/mol. The van der Waals surface area contributed by atoms with Crippen LogP contribution in [0.15, 0.2) is 30.3 Å². The largest absolute Gasteiger partial charge is 0.452 e. The Labute approximate surface area is 142 Å². The number of rotatable bonds is 5. The Hall–Kier alpha value is -2.37. The van der Waals surface area contributed by atoms with Crippen LogP contribution in [0.4, 0.5) is 5.69 Å².